The van der Waals surface area contributed by atoms with Crippen LogP contribution in [0.5, 0.6) is 0 Å². The molecule has 0 spiro atoms. The lowest BCUT2D eigenvalue weighted by Gasteiger charge is -2.04. The van der Waals surface area contributed by atoms with Gasteiger partial charge in [-0.25, -0.2) is 0 Å². The lowest BCUT2D eigenvalue weighted by Crippen LogP contribution is -2.09. The first-order valence-corrected chi connectivity index (χ1v) is 6.28. The van der Waals surface area contributed by atoms with Gasteiger partial charge < -0.3 is 10.3 Å². The zero-order valence-corrected chi connectivity index (χ0v) is 10.1. The first-order valence-electron chi connectivity index (χ1n) is 6.28. The molecule has 90 valence electrons. The molecule has 1 aromatic rings. The van der Waals surface area contributed by atoms with Crippen LogP contribution >= 0.6 is 0 Å². The molecule has 1 aliphatic carbocycles. The van der Waals surface area contributed by atoms with E-state index >= 15 is 0 Å². The standard InChI is InChI=1S/C12H21N3O/c1-3-9-4-5-10(6-9)11-14-12(16-15-11)8(2)7-13/h8-10H,3-7,13H2,1-2H3. The Hall–Kier alpha value is -0.900. The van der Waals surface area contributed by atoms with Crippen LogP contribution in [0.3, 0.4) is 0 Å². The smallest absolute Gasteiger partial charge is 0.230 e. The summed E-state index contributed by atoms with van der Waals surface area (Å²) in [6, 6.07) is 0. The van der Waals surface area contributed by atoms with Crippen LogP contribution in [-0.4, -0.2) is 16.7 Å². The van der Waals surface area contributed by atoms with Gasteiger partial charge in [-0.2, -0.15) is 4.98 Å². The third-order valence-electron chi connectivity index (χ3n) is 3.72. The molecule has 0 amide bonds. The van der Waals surface area contributed by atoms with Gasteiger partial charge in [0, 0.05) is 18.4 Å². The number of hydrogen-bond acceptors (Lipinski definition) is 4. The van der Waals surface area contributed by atoms with Crippen molar-refractivity contribution in [3.05, 3.63) is 11.7 Å². The molecule has 1 aromatic heterocycles. The maximum atomic E-state index is 5.58. The van der Waals surface area contributed by atoms with Gasteiger partial charge in [0.1, 0.15) is 0 Å². The summed E-state index contributed by atoms with van der Waals surface area (Å²) in [5.41, 5.74) is 5.58. The number of aromatic nitrogens is 2. The molecule has 0 aromatic carbocycles. The Morgan fingerprint density at radius 2 is 2.31 bits per heavy atom. The Labute approximate surface area is 96.6 Å². The summed E-state index contributed by atoms with van der Waals surface area (Å²) in [7, 11) is 0. The van der Waals surface area contributed by atoms with Crippen molar-refractivity contribution in [3.8, 4) is 0 Å². The molecule has 4 nitrogen and oxygen atoms in total. The summed E-state index contributed by atoms with van der Waals surface area (Å²) < 4.78 is 5.26. The molecular formula is C12H21N3O. The van der Waals surface area contributed by atoms with Gasteiger partial charge in [-0.05, 0) is 25.2 Å². The molecule has 2 N–H and O–H groups in total. The van der Waals surface area contributed by atoms with Crippen LogP contribution in [0.15, 0.2) is 4.52 Å². The van der Waals surface area contributed by atoms with Gasteiger partial charge >= 0.3 is 0 Å². The molecule has 3 unspecified atom stereocenters. The highest BCUT2D eigenvalue weighted by Crippen LogP contribution is 2.38. The minimum absolute atomic E-state index is 0.171. The molecule has 1 fully saturated rings. The highest BCUT2D eigenvalue weighted by atomic mass is 16.5. The van der Waals surface area contributed by atoms with E-state index in [1.807, 2.05) is 6.92 Å². The summed E-state index contributed by atoms with van der Waals surface area (Å²) in [5, 5.41) is 4.09. The van der Waals surface area contributed by atoms with Crippen LogP contribution in [0.4, 0.5) is 0 Å². The van der Waals surface area contributed by atoms with E-state index < -0.39 is 0 Å². The van der Waals surface area contributed by atoms with Crippen LogP contribution in [0.2, 0.25) is 0 Å². The quantitative estimate of drug-likeness (QED) is 0.851. The van der Waals surface area contributed by atoms with E-state index in [0.717, 1.165) is 11.7 Å². The monoisotopic (exact) mass is 223 g/mol. The van der Waals surface area contributed by atoms with E-state index in [2.05, 4.69) is 17.1 Å². The second-order valence-electron chi connectivity index (χ2n) is 4.91. The third kappa shape index (κ3) is 2.26. The summed E-state index contributed by atoms with van der Waals surface area (Å²) in [6.07, 6.45) is 4.98. The number of hydrogen-bond donors (Lipinski definition) is 1. The van der Waals surface area contributed by atoms with Crippen molar-refractivity contribution in [1.29, 1.82) is 0 Å². The molecule has 16 heavy (non-hydrogen) atoms. The Morgan fingerprint density at radius 3 is 2.94 bits per heavy atom. The molecule has 4 heteroatoms. The van der Waals surface area contributed by atoms with Crippen LogP contribution < -0.4 is 5.73 Å². The lowest BCUT2D eigenvalue weighted by molar-refractivity contribution is 0.353. The first kappa shape index (κ1) is 11.6. The molecular weight excluding hydrogens is 202 g/mol. The Kier molecular flexibility index (Phi) is 3.59. The zero-order valence-electron chi connectivity index (χ0n) is 10.1. The van der Waals surface area contributed by atoms with Crippen molar-refractivity contribution >= 4 is 0 Å². The molecule has 3 atom stereocenters. The second-order valence-corrected chi connectivity index (χ2v) is 4.91. The molecule has 0 aliphatic heterocycles. The van der Waals surface area contributed by atoms with E-state index in [9.17, 15) is 0 Å². The van der Waals surface area contributed by atoms with Gasteiger partial charge in [0.25, 0.3) is 0 Å². The van der Waals surface area contributed by atoms with Crippen molar-refractivity contribution in [1.82, 2.24) is 10.1 Å². The molecule has 1 heterocycles. The maximum absolute atomic E-state index is 5.58. The zero-order chi connectivity index (χ0) is 11.5. The van der Waals surface area contributed by atoms with Crippen molar-refractivity contribution in [2.45, 2.75) is 51.4 Å². The van der Waals surface area contributed by atoms with Crippen LogP contribution in [-0.2, 0) is 0 Å². The Morgan fingerprint density at radius 1 is 1.50 bits per heavy atom. The lowest BCUT2D eigenvalue weighted by atomic mass is 10.0. The van der Waals surface area contributed by atoms with E-state index in [1.165, 1.54) is 25.7 Å². The summed E-state index contributed by atoms with van der Waals surface area (Å²) in [5.74, 6) is 3.11. The number of nitrogens with zero attached hydrogens (tertiary/aromatic N) is 2. The molecule has 0 saturated heterocycles. The number of rotatable bonds is 4. The minimum atomic E-state index is 0.171. The summed E-state index contributed by atoms with van der Waals surface area (Å²) in [6.45, 7) is 4.83. The largest absolute Gasteiger partial charge is 0.339 e. The molecule has 0 bridgehead atoms. The fraction of sp³-hybridized carbons (Fsp3) is 0.833. The first-order chi connectivity index (χ1) is 7.74. The second kappa shape index (κ2) is 4.95. The van der Waals surface area contributed by atoms with Gasteiger partial charge in [-0.1, -0.05) is 25.4 Å². The molecule has 1 aliphatic rings. The van der Waals surface area contributed by atoms with Crippen molar-refractivity contribution in [3.63, 3.8) is 0 Å². The molecule has 1 saturated carbocycles. The van der Waals surface area contributed by atoms with E-state index in [-0.39, 0.29) is 5.92 Å². The molecule has 2 rings (SSSR count). The number of nitrogens with two attached hydrogens (primary N) is 1. The van der Waals surface area contributed by atoms with E-state index in [4.69, 9.17) is 10.3 Å². The van der Waals surface area contributed by atoms with Crippen LogP contribution in [0.1, 0.15) is 63.1 Å². The van der Waals surface area contributed by atoms with E-state index in [1.54, 1.807) is 0 Å². The average molecular weight is 223 g/mol. The van der Waals surface area contributed by atoms with Crippen LogP contribution in [0.25, 0.3) is 0 Å². The Balaban J connectivity index is 2.02. The fourth-order valence-electron chi connectivity index (χ4n) is 2.39. The van der Waals surface area contributed by atoms with Gasteiger partial charge in [0.15, 0.2) is 5.82 Å². The highest BCUT2D eigenvalue weighted by molar-refractivity contribution is 5.01. The average Bonchev–Trinajstić information content (AvgIpc) is 2.95. The van der Waals surface area contributed by atoms with Crippen molar-refractivity contribution in [2.75, 3.05) is 6.54 Å². The fourth-order valence-corrected chi connectivity index (χ4v) is 2.39. The van der Waals surface area contributed by atoms with Gasteiger partial charge in [-0.15, -0.1) is 0 Å². The van der Waals surface area contributed by atoms with E-state index in [0.29, 0.717) is 18.4 Å². The maximum Gasteiger partial charge on any atom is 0.230 e. The molecule has 0 radical (unpaired) electrons. The van der Waals surface area contributed by atoms with Gasteiger partial charge in [0.2, 0.25) is 5.89 Å². The van der Waals surface area contributed by atoms with Gasteiger partial charge in [-0.3, -0.25) is 0 Å². The van der Waals surface area contributed by atoms with Gasteiger partial charge in [0.05, 0.1) is 0 Å². The topological polar surface area (TPSA) is 64.9 Å². The van der Waals surface area contributed by atoms with Crippen LogP contribution in [0, 0.1) is 5.92 Å². The predicted octanol–water partition coefficient (Wildman–Crippen LogP) is 2.43. The SMILES string of the molecule is CCC1CCC(c2noc(C(C)CN)n2)C1. The highest BCUT2D eigenvalue weighted by Gasteiger charge is 2.28. The summed E-state index contributed by atoms with van der Waals surface area (Å²) >= 11 is 0. The van der Waals surface area contributed by atoms with Crippen molar-refractivity contribution in [2.24, 2.45) is 11.7 Å². The predicted molar refractivity (Wildman–Crippen MR) is 62.1 cm³/mol. The van der Waals surface area contributed by atoms with Crippen molar-refractivity contribution < 1.29 is 4.52 Å². The summed E-state index contributed by atoms with van der Waals surface area (Å²) in [4.78, 5) is 4.47. The Bertz CT molecular complexity index is 337. The normalized spacial score (nSPS) is 27.2. The minimum Gasteiger partial charge on any atom is -0.339 e. The third-order valence-corrected chi connectivity index (χ3v) is 3.72.